The molecular formula is C22H21N3O5. The maximum atomic E-state index is 11.8. The van der Waals surface area contributed by atoms with Crippen molar-refractivity contribution in [3.8, 4) is 17.4 Å². The molecule has 0 unspecified atom stereocenters. The van der Waals surface area contributed by atoms with Gasteiger partial charge in [0, 0.05) is 29.1 Å². The number of pyridine rings is 1. The van der Waals surface area contributed by atoms with Gasteiger partial charge >= 0.3 is 6.16 Å². The first-order chi connectivity index (χ1) is 14.6. The molecule has 0 saturated heterocycles. The summed E-state index contributed by atoms with van der Waals surface area (Å²) in [5.41, 5.74) is 8.72. The predicted molar refractivity (Wildman–Crippen MR) is 113 cm³/mol. The third kappa shape index (κ3) is 3.85. The number of hydrogen-bond donors (Lipinski definition) is 2. The normalized spacial score (nSPS) is 11.0. The Balaban J connectivity index is 1.80. The highest BCUT2D eigenvalue weighted by atomic mass is 16.7. The molecule has 2 aromatic heterocycles. The molecule has 8 heteroatoms. The zero-order valence-electron chi connectivity index (χ0n) is 16.6. The number of nitrogens with two attached hydrogens (primary N) is 1. The number of aromatic nitrogens is 2. The quantitative estimate of drug-likeness (QED) is 0.350. The molecule has 3 N–H and O–H groups in total. The van der Waals surface area contributed by atoms with Gasteiger partial charge in [0.1, 0.15) is 11.5 Å². The second-order valence-electron chi connectivity index (χ2n) is 6.55. The molecule has 0 aliphatic carbocycles. The van der Waals surface area contributed by atoms with E-state index in [-0.39, 0.29) is 19.1 Å². The number of ether oxygens (including phenoxy) is 4. The number of nitrogens with zero attached hydrogens (tertiary/aromatic N) is 1. The van der Waals surface area contributed by atoms with Crippen LogP contribution in [0.2, 0.25) is 0 Å². The van der Waals surface area contributed by atoms with Crippen molar-refractivity contribution in [1.29, 1.82) is 0 Å². The molecular weight excluding hydrogens is 386 g/mol. The Morgan fingerprint density at radius 2 is 1.87 bits per heavy atom. The molecule has 0 radical (unpaired) electrons. The van der Waals surface area contributed by atoms with Crippen LogP contribution < -0.4 is 15.2 Å². The zero-order valence-corrected chi connectivity index (χ0v) is 16.6. The van der Waals surface area contributed by atoms with Crippen LogP contribution in [-0.2, 0) is 16.1 Å². The molecule has 8 nitrogen and oxygen atoms in total. The van der Waals surface area contributed by atoms with Crippen molar-refractivity contribution in [1.82, 2.24) is 9.97 Å². The Morgan fingerprint density at radius 1 is 1.10 bits per heavy atom. The first kappa shape index (κ1) is 19.5. The monoisotopic (exact) mass is 407 g/mol. The SMILES string of the molecule is CCOC(=O)Oc1ncc2[nH]c3ccc(Oc4ccc(N)cc4)cc3c2c1COC. The van der Waals surface area contributed by atoms with Crippen LogP contribution in [0.3, 0.4) is 0 Å². The largest absolute Gasteiger partial charge is 0.515 e. The second kappa shape index (κ2) is 8.30. The van der Waals surface area contributed by atoms with E-state index in [9.17, 15) is 4.79 Å². The fourth-order valence-electron chi connectivity index (χ4n) is 3.25. The van der Waals surface area contributed by atoms with Gasteiger partial charge in [0.15, 0.2) is 0 Å². The van der Waals surface area contributed by atoms with Gasteiger partial charge in [-0.05, 0) is 49.4 Å². The fraction of sp³-hybridized carbons (Fsp3) is 0.182. The van der Waals surface area contributed by atoms with Gasteiger partial charge < -0.3 is 29.7 Å². The Bertz CT molecular complexity index is 1200. The number of aromatic amines is 1. The van der Waals surface area contributed by atoms with Crippen LogP contribution in [0.4, 0.5) is 10.5 Å². The average Bonchev–Trinajstić information content (AvgIpc) is 3.10. The molecule has 0 atom stereocenters. The summed E-state index contributed by atoms with van der Waals surface area (Å²) >= 11 is 0. The number of H-pyrrole nitrogens is 1. The topological polar surface area (TPSA) is 109 Å². The van der Waals surface area contributed by atoms with Crippen LogP contribution in [0.1, 0.15) is 12.5 Å². The Labute approximate surface area is 172 Å². The highest BCUT2D eigenvalue weighted by molar-refractivity contribution is 6.09. The number of hydrogen-bond acceptors (Lipinski definition) is 7. The van der Waals surface area contributed by atoms with Crippen LogP contribution in [0.25, 0.3) is 21.8 Å². The summed E-state index contributed by atoms with van der Waals surface area (Å²) in [6.07, 6.45) is 0.803. The molecule has 154 valence electrons. The molecule has 4 aromatic rings. The number of rotatable bonds is 6. The van der Waals surface area contributed by atoms with Gasteiger partial charge in [0.25, 0.3) is 0 Å². The summed E-state index contributed by atoms with van der Waals surface area (Å²) in [5, 5.41) is 1.73. The van der Waals surface area contributed by atoms with E-state index in [1.165, 1.54) is 0 Å². The van der Waals surface area contributed by atoms with Crippen LogP contribution in [0, 0.1) is 0 Å². The highest BCUT2D eigenvalue weighted by Gasteiger charge is 2.19. The van der Waals surface area contributed by atoms with Crippen molar-refractivity contribution < 1.29 is 23.7 Å². The zero-order chi connectivity index (χ0) is 21.1. The standard InChI is InChI=1S/C22H21N3O5/c1-3-28-22(26)30-21-17(12-27-2)20-16-10-15(29-14-6-4-13(23)5-7-14)8-9-18(16)25-19(20)11-24-21/h4-11,25H,3,12,23H2,1-2H3. The van der Waals surface area contributed by atoms with Gasteiger partial charge in [-0.1, -0.05) is 0 Å². The molecule has 30 heavy (non-hydrogen) atoms. The summed E-state index contributed by atoms with van der Waals surface area (Å²) in [4.78, 5) is 19.4. The number of carbonyl (C=O) groups excluding carboxylic acids is 1. The lowest BCUT2D eigenvalue weighted by Crippen LogP contribution is -2.12. The molecule has 0 amide bonds. The van der Waals surface area contributed by atoms with Gasteiger partial charge in [-0.15, -0.1) is 0 Å². The summed E-state index contributed by atoms with van der Waals surface area (Å²) in [7, 11) is 1.57. The predicted octanol–water partition coefficient (Wildman–Crippen LogP) is 4.77. The maximum absolute atomic E-state index is 11.8. The molecule has 0 aliphatic rings. The van der Waals surface area contributed by atoms with E-state index in [1.807, 2.05) is 18.2 Å². The second-order valence-corrected chi connectivity index (χ2v) is 6.55. The number of methoxy groups -OCH3 is 1. The molecule has 2 aromatic carbocycles. The number of fused-ring (bicyclic) bond motifs is 3. The van der Waals surface area contributed by atoms with Gasteiger partial charge in [-0.2, -0.15) is 0 Å². The van der Waals surface area contributed by atoms with Gasteiger partial charge in [0.05, 0.1) is 30.5 Å². The minimum absolute atomic E-state index is 0.147. The molecule has 4 rings (SSSR count). The molecule has 0 spiro atoms. The fourth-order valence-corrected chi connectivity index (χ4v) is 3.25. The third-order valence-corrected chi connectivity index (χ3v) is 4.52. The lowest BCUT2D eigenvalue weighted by atomic mass is 10.1. The minimum Gasteiger partial charge on any atom is -0.457 e. The summed E-state index contributed by atoms with van der Waals surface area (Å²) < 4.78 is 21.5. The molecule has 0 saturated carbocycles. The third-order valence-electron chi connectivity index (χ3n) is 4.52. The summed E-state index contributed by atoms with van der Waals surface area (Å²) in [6, 6.07) is 12.9. The smallest absolute Gasteiger partial charge is 0.457 e. The number of nitrogen functional groups attached to an aromatic ring is 1. The van der Waals surface area contributed by atoms with E-state index in [4.69, 9.17) is 24.7 Å². The lowest BCUT2D eigenvalue weighted by molar-refractivity contribution is 0.101. The first-order valence-electron chi connectivity index (χ1n) is 9.39. The Morgan fingerprint density at radius 3 is 2.60 bits per heavy atom. The molecule has 0 bridgehead atoms. The molecule has 2 heterocycles. The van der Waals surface area contributed by atoms with Crippen LogP contribution >= 0.6 is 0 Å². The number of benzene rings is 2. The van der Waals surface area contributed by atoms with Crippen molar-refractivity contribution in [2.75, 3.05) is 19.5 Å². The van der Waals surface area contributed by atoms with E-state index < -0.39 is 6.16 Å². The van der Waals surface area contributed by atoms with E-state index in [1.54, 1.807) is 44.5 Å². The van der Waals surface area contributed by atoms with Crippen LogP contribution in [0.5, 0.6) is 17.4 Å². The summed E-state index contributed by atoms with van der Waals surface area (Å²) in [6.45, 7) is 2.12. The maximum Gasteiger partial charge on any atom is 0.515 e. The lowest BCUT2D eigenvalue weighted by Gasteiger charge is -2.10. The molecule has 0 aliphatic heterocycles. The highest BCUT2D eigenvalue weighted by Crippen LogP contribution is 2.35. The number of carbonyl (C=O) groups is 1. The van der Waals surface area contributed by atoms with E-state index >= 15 is 0 Å². The van der Waals surface area contributed by atoms with Crippen LogP contribution in [-0.4, -0.2) is 29.8 Å². The van der Waals surface area contributed by atoms with Crippen molar-refractivity contribution in [2.45, 2.75) is 13.5 Å². The van der Waals surface area contributed by atoms with Crippen molar-refractivity contribution in [2.24, 2.45) is 0 Å². The van der Waals surface area contributed by atoms with E-state index in [2.05, 4.69) is 9.97 Å². The van der Waals surface area contributed by atoms with Crippen molar-refractivity contribution in [3.63, 3.8) is 0 Å². The summed E-state index contributed by atoms with van der Waals surface area (Å²) in [5.74, 6) is 1.48. The van der Waals surface area contributed by atoms with Gasteiger partial charge in [-0.25, -0.2) is 9.78 Å². The van der Waals surface area contributed by atoms with Crippen molar-refractivity contribution in [3.05, 3.63) is 54.2 Å². The van der Waals surface area contributed by atoms with Gasteiger partial charge in [0.2, 0.25) is 5.88 Å². The van der Waals surface area contributed by atoms with Crippen molar-refractivity contribution >= 4 is 33.6 Å². The Kier molecular flexibility index (Phi) is 5.40. The van der Waals surface area contributed by atoms with Crippen LogP contribution in [0.15, 0.2) is 48.7 Å². The van der Waals surface area contributed by atoms with E-state index in [0.29, 0.717) is 22.7 Å². The first-order valence-corrected chi connectivity index (χ1v) is 9.39. The van der Waals surface area contributed by atoms with Gasteiger partial charge in [-0.3, -0.25) is 0 Å². The average molecular weight is 407 g/mol. The number of nitrogens with one attached hydrogen (secondary N) is 1. The minimum atomic E-state index is -0.811. The Hall–Kier alpha value is -3.78. The van der Waals surface area contributed by atoms with E-state index in [0.717, 1.165) is 21.8 Å². The molecule has 0 fully saturated rings. The number of anilines is 1.